The molecule has 0 spiro atoms. The first kappa shape index (κ1) is 11.5. The van der Waals surface area contributed by atoms with E-state index in [0.29, 0.717) is 0 Å². The molecule has 1 aromatic rings. The van der Waals surface area contributed by atoms with Gasteiger partial charge in [0.05, 0.1) is 10.8 Å². The van der Waals surface area contributed by atoms with Crippen molar-refractivity contribution in [2.45, 2.75) is 37.5 Å². The summed E-state index contributed by atoms with van der Waals surface area (Å²) in [6.07, 6.45) is 5.56. The molecule has 0 radical (unpaired) electrons. The standard InChI is InChI=1S/C11H17N3OS/c1-8(9-12-5-6-13-9)14-10(15)11(2)4-3-7-16-11/h5-6,8H,3-4,7H2,1-2H3,(H,12,13)(H,14,15). The molecule has 16 heavy (non-hydrogen) atoms. The van der Waals surface area contributed by atoms with Gasteiger partial charge in [-0.05, 0) is 32.4 Å². The van der Waals surface area contributed by atoms with E-state index < -0.39 is 0 Å². The number of hydrogen-bond donors (Lipinski definition) is 2. The number of thioether (sulfide) groups is 1. The van der Waals surface area contributed by atoms with Crippen LogP contribution < -0.4 is 5.32 Å². The van der Waals surface area contributed by atoms with E-state index in [-0.39, 0.29) is 16.7 Å². The van der Waals surface area contributed by atoms with Gasteiger partial charge in [-0.25, -0.2) is 4.98 Å². The van der Waals surface area contributed by atoms with Gasteiger partial charge in [0.15, 0.2) is 0 Å². The molecule has 2 atom stereocenters. The van der Waals surface area contributed by atoms with Gasteiger partial charge in [0, 0.05) is 12.4 Å². The quantitative estimate of drug-likeness (QED) is 0.846. The van der Waals surface area contributed by atoms with Crippen molar-refractivity contribution in [2.75, 3.05) is 5.75 Å². The molecule has 1 fully saturated rings. The molecule has 4 nitrogen and oxygen atoms in total. The highest BCUT2D eigenvalue weighted by Gasteiger charge is 2.37. The van der Waals surface area contributed by atoms with E-state index in [0.717, 1.165) is 24.4 Å². The van der Waals surface area contributed by atoms with Crippen LogP contribution in [0.5, 0.6) is 0 Å². The number of nitrogens with one attached hydrogen (secondary N) is 2. The second-order valence-electron chi connectivity index (χ2n) is 4.35. The first-order valence-corrected chi connectivity index (χ1v) is 6.54. The third-order valence-corrected chi connectivity index (χ3v) is 4.50. The van der Waals surface area contributed by atoms with Crippen LogP contribution in [0, 0.1) is 0 Å². The number of imidazole rings is 1. The van der Waals surface area contributed by atoms with Gasteiger partial charge in [-0.2, -0.15) is 0 Å². The fraction of sp³-hybridized carbons (Fsp3) is 0.636. The van der Waals surface area contributed by atoms with E-state index in [1.165, 1.54) is 0 Å². The number of amides is 1. The van der Waals surface area contributed by atoms with Gasteiger partial charge in [-0.15, -0.1) is 11.8 Å². The Kier molecular flexibility index (Phi) is 3.23. The summed E-state index contributed by atoms with van der Waals surface area (Å²) in [6, 6.07) is -0.0551. The zero-order valence-corrected chi connectivity index (χ0v) is 10.4. The van der Waals surface area contributed by atoms with Crippen molar-refractivity contribution in [1.82, 2.24) is 15.3 Å². The van der Waals surface area contributed by atoms with Gasteiger partial charge in [-0.3, -0.25) is 4.79 Å². The summed E-state index contributed by atoms with van der Waals surface area (Å²) >= 11 is 1.75. The van der Waals surface area contributed by atoms with Gasteiger partial charge in [0.25, 0.3) is 0 Å². The third-order valence-electron chi connectivity index (χ3n) is 2.98. The molecule has 2 rings (SSSR count). The lowest BCUT2D eigenvalue weighted by Gasteiger charge is -2.23. The van der Waals surface area contributed by atoms with Gasteiger partial charge in [-0.1, -0.05) is 0 Å². The van der Waals surface area contributed by atoms with Gasteiger partial charge in [0.2, 0.25) is 5.91 Å². The van der Waals surface area contributed by atoms with Crippen LogP contribution in [0.1, 0.15) is 38.6 Å². The highest BCUT2D eigenvalue weighted by molar-refractivity contribution is 8.01. The van der Waals surface area contributed by atoms with Crippen LogP contribution in [0.25, 0.3) is 0 Å². The Morgan fingerprint density at radius 1 is 1.75 bits per heavy atom. The van der Waals surface area contributed by atoms with E-state index >= 15 is 0 Å². The molecule has 0 bridgehead atoms. The van der Waals surface area contributed by atoms with Crippen LogP contribution in [0.15, 0.2) is 12.4 Å². The summed E-state index contributed by atoms with van der Waals surface area (Å²) < 4.78 is -0.249. The molecule has 0 aromatic carbocycles. The minimum absolute atomic E-state index is 0.0551. The number of aromatic nitrogens is 2. The Morgan fingerprint density at radius 3 is 3.12 bits per heavy atom. The molecular weight excluding hydrogens is 222 g/mol. The molecular formula is C11H17N3OS. The number of nitrogens with zero attached hydrogens (tertiary/aromatic N) is 1. The van der Waals surface area contributed by atoms with Crippen molar-refractivity contribution in [2.24, 2.45) is 0 Å². The maximum absolute atomic E-state index is 12.1. The Labute approximate surface area is 99.6 Å². The molecule has 2 N–H and O–H groups in total. The molecule has 5 heteroatoms. The zero-order chi connectivity index (χ0) is 11.6. The first-order chi connectivity index (χ1) is 7.62. The number of carbonyl (C=O) groups is 1. The Balaban J connectivity index is 1.97. The van der Waals surface area contributed by atoms with E-state index in [2.05, 4.69) is 15.3 Å². The van der Waals surface area contributed by atoms with Crippen molar-refractivity contribution in [3.63, 3.8) is 0 Å². The number of hydrogen-bond acceptors (Lipinski definition) is 3. The van der Waals surface area contributed by atoms with Crippen molar-refractivity contribution < 1.29 is 4.79 Å². The number of carbonyl (C=O) groups excluding carboxylic acids is 1. The van der Waals surface area contributed by atoms with Crippen molar-refractivity contribution in [3.05, 3.63) is 18.2 Å². The summed E-state index contributed by atoms with van der Waals surface area (Å²) in [5.74, 6) is 2.01. The van der Waals surface area contributed by atoms with Crippen LogP contribution in [0.4, 0.5) is 0 Å². The molecule has 0 saturated carbocycles. The molecule has 1 aliphatic heterocycles. The molecule has 2 heterocycles. The summed E-state index contributed by atoms with van der Waals surface area (Å²) in [7, 11) is 0. The van der Waals surface area contributed by atoms with Crippen molar-refractivity contribution in [1.29, 1.82) is 0 Å². The van der Waals surface area contributed by atoms with Gasteiger partial charge < -0.3 is 10.3 Å². The maximum Gasteiger partial charge on any atom is 0.236 e. The van der Waals surface area contributed by atoms with Gasteiger partial charge >= 0.3 is 0 Å². The summed E-state index contributed by atoms with van der Waals surface area (Å²) in [5, 5.41) is 3.01. The largest absolute Gasteiger partial charge is 0.347 e. The molecule has 2 unspecified atom stereocenters. The number of rotatable bonds is 3. The Morgan fingerprint density at radius 2 is 2.56 bits per heavy atom. The average molecular weight is 239 g/mol. The minimum Gasteiger partial charge on any atom is -0.347 e. The lowest BCUT2D eigenvalue weighted by molar-refractivity contribution is -0.123. The van der Waals surface area contributed by atoms with E-state index in [1.54, 1.807) is 24.2 Å². The normalized spacial score (nSPS) is 26.6. The average Bonchev–Trinajstić information content (AvgIpc) is 2.88. The predicted molar refractivity (Wildman–Crippen MR) is 65.2 cm³/mol. The first-order valence-electron chi connectivity index (χ1n) is 5.56. The number of aromatic amines is 1. The van der Waals surface area contributed by atoms with Crippen LogP contribution in [0.2, 0.25) is 0 Å². The fourth-order valence-corrected chi connectivity index (χ4v) is 3.11. The van der Waals surface area contributed by atoms with E-state index in [9.17, 15) is 4.79 Å². The van der Waals surface area contributed by atoms with Crippen molar-refractivity contribution >= 4 is 17.7 Å². The van der Waals surface area contributed by atoms with E-state index in [1.807, 2.05) is 13.8 Å². The highest BCUT2D eigenvalue weighted by atomic mass is 32.2. The summed E-state index contributed by atoms with van der Waals surface area (Å²) in [6.45, 7) is 3.97. The lowest BCUT2D eigenvalue weighted by Crippen LogP contribution is -2.41. The van der Waals surface area contributed by atoms with Crippen molar-refractivity contribution in [3.8, 4) is 0 Å². The second kappa shape index (κ2) is 4.49. The lowest BCUT2D eigenvalue weighted by atomic mass is 10.0. The monoisotopic (exact) mass is 239 g/mol. The van der Waals surface area contributed by atoms with Crippen LogP contribution in [-0.4, -0.2) is 26.4 Å². The van der Waals surface area contributed by atoms with Crippen LogP contribution >= 0.6 is 11.8 Å². The molecule has 1 amide bonds. The Hall–Kier alpha value is -0.970. The van der Waals surface area contributed by atoms with Crippen LogP contribution in [-0.2, 0) is 4.79 Å². The highest BCUT2D eigenvalue weighted by Crippen LogP contribution is 2.38. The minimum atomic E-state index is -0.249. The Bertz CT molecular complexity index is 357. The molecule has 1 saturated heterocycles. The summed E-state index contributed by atoms with van der Waals surface area (Å²) in [5.41, 5.74) is 0. The zero-order valence-electron chi connectivity index (χ0n) is 9.62. The maximum atomic E-state index is 12.1. The third kappa shape index (κ3) is 2.24. The summed E-state index contributed by atoms with van der Waals surface area (Å²) in [4.78, 5) is 19.3. The predicted octanol–water partition coefficient (Wildman–Crippen LogP) is 1.87. The van der Waals surface area contributed by atoms with E-state index in [4.69, 9.17) is 0 Å². The molecule has 1 aliphatic rings. The number of H-pyrrole nitrogens is 1. The topological polar surface area (TPSA) is 57.8 Å². The van der Waals surface area contributed by atoms with Crippen LogP contribution in [0.3, 0.4) is 0 Å². The SMILES string of the molecule is CC(NC(=O)C1(C)CCCS1)c1ncc[nH]1. The molecule has 0 aliphatic carbocycles. The van der Waals surface area contributed by atoms with Gasteiger partial charge in [0.1, 0.15) is 5.82 Å². The smallest absolute Gasteiger partial charge is 0.236 e. The fourth-order valence-electron chi connectivity index (χ4n) is 1.89. The molecule has 1 aromatic heterocycles. The molecule has 88 valence electrons. The second-order valence-corrected chi connectivity index (χ2v) is 5.95.